The molecule has 3 rings (SSSR count). The van der Waals surface area contributed by atoms with Gasteiger partial charge in [0, 0.05) is 26.1 Å². The Morgan fingerprint density at radius 2 is 1.85 bits per heavy atom. The van der Waals surface area contributed by atoms with Gasteiger partial charge < -0.3 is 9.64 Å². The molecule has 0 saturated carbocycles. The summed E-state index contributed by atoms with van der Waals surface area (Å²) >= 11 is 6.01. The molecular weight excluding hydrogens is 388 g/mol. The first-order valence-electron chi connectivity index (χ1n) is 8.58. The Hall–Kier alpha value is -2.09. The Morgan fingerprint density at radius 1 is 1.15 bits per heavy atom. The molecule has 0 radical (unpaired) electrons. The number of halogens is 1. The van der Waals surface area contributed by atoms with Gasteiger partial charge in [-0.3, -0.25) is 4.79 Å². The summed E-state index contributed by atoms with van der Waals surface area (Å²) < 4.78 is 32.5. The zero-order valence-electron chi connectivity index (χ0n) is 14.9. The highest BCUT2D eigenvalue weighted by atomic mass is 35.5. The van der Waals surface area contributed by atoms with Gasteiger partial charge in [-0.05, 0) is 35.7 Å². The quantitative estimate of drug-likeness (QED) is 0.764. The van der Waals surface area contributed by atoms with Crippen LogP contribution in [-0.2, 0) is 27.9 Å². The monoisotopic (exact) mass is 408 g/mol. The van der Waals surface area contributed by atoms with Crippen LogP contribution < -0.4 is 9.46 Å². The molecule has 2 aromatic carbocycles. The van der Waals surface area contributed by atoms with Crippen molar-refractivity contribution < 1.29 is 17.9 Å². The summed E-state index contributed by atoms with van der Waals surface area (Å²) in [5.74, 6) is 0.604. The van der Waals surface area contributed by atoms with Crippen LogP contribution in [0.1, 0.15) is 24.0 Å². The highest BCUT2D eigenvalue weighted by Gasteiger charge is 2.20. The third-order valence-corrected chi connectivity index (χ3v) is 6.16. The fourth-order valence-corrected chi connectivity index (χ4v) is 4.30. The maximum Gasteiger partial charge on any atom is 0.240 e. The maximum absolute atomic E-state index is 12.4. The van der Waals surface area contributed by atoms with Crippen LogP contribution in [0.2, 0.25) is 5.02 Å². The van der Waals surface area contributed by atoms with Gasteiger partial charge in [-0.15, -0.1) is 0 Å². The van der Waals surface area contributed by atoms with Gasteiger partial charge in [0.15, 0.2) is 0 Å². The number of rotatable bonds is 7. The molecule has 2 aromatic rings. The van der Waals surface area contributed by atoms with E-state index in [0.717, 1.165) is 24.1 Å². The highest BCUT2D eigenvalue weighted by Crippen LogP contribution is 2.27. The van der Waals surface area contributed by atoms with Crippen LogP contribution >= 0.6 is 11.6 Å². The molecule has 27 heavy (non-hydrogen) atoms. The average Bonchev–Trinajstić information content (AvgIpc) is 3.06. The fourth-order valence-electron chi connectivity index (χ4n) is 2.93. The average molecular weight is 409 g/mol. The molecule has 144 valence electrons. The van der Waals surface area contributed by atoms with Gasteiger partial charge in [0.1, 0.15) is 5.75 Å². The second-order valence-corrected chi connectivity index (χ2v) is 8.53. The summed E-state index contributed by atoms with van der Waals surface area (Å²) in [7, 11) is -2.22. The first kappa shape index (κ1) is 19.7. The van der Waals surface area contributed by atoms with Gasteiger partial charge in [-0.2, -0.15) is 0 Å². The van der Waals surface area contributed by atoms with Crippen molar-refractivity contribution in [1.82, 2.24) is 9.62 Å². The number of hydrogen-bond donors (Lipinski definition) is 1. The lowest BCUT2D eigenvalue weighted by Gasteiger charge is -2.15. The van der Waals surface area contributed by atoms with Crippen molar-refractivity contribution in [2.45, 2.75) is 30.8 Å². The number of carbonyl (C=O) groups is 1. The minimum absolute atomic E-state index is 0.0810. The van der Waals surface area contributed by atoms with Gasteiger partial charge >= 0.3 is 0 Å². The van der Waals surface area contributed by atoms with E-state index in [1.807, 2.05) is 29.2 Å². The second-order valence-electron chi connectivity index (χ2n) is 6.36. The van der Waals surface area contributed by atoms with Crippen molar-refractivity contribution >= 4 is 27.5 Å². The molecule has 1 fully saturated rings. The number of sulfonamides is 1. The topological polar surface area (TPSA) is 75.7 Å². The number of benzene rings is 2. The van der Waals surface area contributed by atoms with Gasteiger partial charge in [0.2, 0.25) is 15.9 Å². The number of ether oxygens (including phenoxy) is 1. The van der Waals surface area contributed by atoms with E-state index >= 15 is 0 Å². The zero-order chi connectivity index (χ0) is 19.4. The van der Waals surface area contributed by atoms with E-state index in [2.05, 4.69) is 4.72 Å². The lowest BCUT2D eigenvalue weighted by atomic mass is 10.1. The second kappa shape index (κ2) is 8.29. The molecule has 0 atom stereocenters. The molecule has 0 bridgehead atoms. The molecule has 0 aromatic heterocycles. The predicted octanol–water partition coefficient (Wildman–Crippen LogP) is 2.95. The molecule has 0 unspecified atom stereocenters. The fraction of sp³-hybridized carbons (Fsp3) is 0.316. The zero-order valence-corrected chi connectivity index (χ0v) is 16.5. The van der Waals surface area contributed by atoms with Crippen LogP contribution in [0.3, 0.4) is 0 Å². The summed E-state index contributed by atoms with van der Waals surface area (Å²) in [5, 5.41) is 0.237. The summed E-state index contributed by atoms with van der Waals surface area (Å²) in [6.45, 7) is 1.55. The Balaban J connectivity index is 1.62. The van der Waals surface area contributed by atoms with E-state index in [4.69, 9.17) is 16.3 Å². The predicted molar refractivity (Wildman–Crippen MR) is 103 cm³/mol. The van der Waals surface area contributed by atoms with E-state index in [1.165, 1.54) is 25.3 Å². The van der Waals surface area contributed by atoms with Crippen LogP contribution in [-0.4, -0.2) is 32.9 Å². The summed E-state index contributed by atoms with van der Waals surface area (Å²) in [5.41, 5.74) is 1.86. The first-order chi connectivity index (χ1) is 12.9. The Bertz CT molecular complexity index is 929. The lowest BCUT2D eigenvalue weighted by molar-refractivity contribution is -0.128. The van der Waals surface area contributed by atoms with Gasteiger partial charge in [0.25, 0.3) is 0 Å². The SMILES string of the molecule is COc1ccc(S(=O)(=O)NCc2ccc(CN3CCCC3=O)cc2)cc1Cl. The number of nitrogens with one attached hydrogen (secondary N) is 1. The standard InChI is InChI=1S/C19H21ClN2O4S/c1-26-18-9-8-16(11-17(18)20)27(24,25)21-12-14-4-6-15(7-5-14)13-22-10-2-3-19(22)23/h4-9,11,21H,2-3,10,12-13H2,1H3. The van der Waals surface area contributed by atoms with E-state index in [1.54, 1.807) is 0 Å². The molecule has 0 spiro atoms. The first-order valence-corrected chi connectivity index (χ1v) is 10.4. The lowest BCUT2D eigenvalue weighted by Crippen LogP contribution is -2.24. The van der Waals surface area contributed by atoms with Crippen LogP contribution in [0.4, 0.5) is 0 Å². The maximum atomic E-state index is 12.4. The highest BCUT2D eigenvalue weighted by molar-refractivity contribution is 7.89. The normalized spacial score (nSPS) is 14.6. The Morgan fingerprint density at radius 3 is 2.44 bits per heavy atom. The van der Waals surface area contributed by atoms with Crippen LogP contribution in [0.5, 0.6) is 5.75 Å². The Kier molecular flexibility index (Phi) is 6.04. The largest absolute Gasteiger partial charge is 0.495 e. The van der Waals surface area contributed by atoms with Crippen LogP contribution in [0.25, 0.3) is 0 Å². The molecular formula is C19H21ClN2O4S. The van der Waals surface area contributed by atoms with E-state index in [-0.39, 0.29) is 22.4 Å². The molecule has 8 heteroatoms. The Labute approximate surface area is 164 Å². The minimum atomic E-state index is -3.68. The van der Waals surface area contributed by atoms with Crippen molar-refractivity contribution in [2.24, 2.45) is 0 Å². The van der Waals surface area contributed by atoms with Gasteiger partial charge in [-0.25, -0.2) is 13.1 Å². The van der Waals surface area contributed by atoms with E-state index < -0.39 is 10.0 Å². The van der Waals surface area contributed by atoms with E-state index in [0.29, 0.717) is 18.7 Å². The van der Waals surface area contributed by atoms with Crippen molar-refractivity contribution in [2.75, 3.05) is 13.7 Å². The number of nitrogens with zero attached hydrogens (tertiary/aromatic N) is 1. The number of likely N-dealkylation sites (tertiary alicyclic amines) is 1. The number of hydrogen-bond acceptors (Lipinski definition) is 4. The summed E-state index contributed by atoms with van der Waals surface area (Å²) in [6, 6.07) is 11.9. The molecule has 1 aliphatic rings. The van der Waals surface area contributed by atoms with E-state index in [9.17, 15) is 13.2 Å². The molecule has 1 N–H and O–H groups in total. The van der Waals surface area contributed by atoms with Crippen LogP contribution in [0, 0.1) is 0 Å². The van der Waals surface area contributed by atoms with Crippen molar-refractivity contribution in [3.05, 3.63) is 58.6 Å². The third kappa shape index (κ3) is 4.80. The number of amides is 1. The summed E-state index contributed by atoms with van der Waals surface area (Å²) in [4.78, 5) is 13.6. The van der Waals surface area contributed by atoms with Gasteiger partial charge in [-0.1, -0.05) is 35.9 Å². The molecule has 0 aliphatic carbocycles. The number of methoxy groups -OCH3 is 1. The molecule has 6 nitrogen and oxygen atoms in total. The molecule has 1 saturated heterocycles. The minimum Gasteiger partial charge on any atom is -0.495 e. The molecule has 1 aliphatic heterocycles. The molecule has 1 amide bonds. The van der Waals surface area contributed by atoms with Gasteiger partial charge in [0.05, 0.1) is 17.0 Å². The van der Waals surface area contributed by atoms with Crippen molar-refractivity contribution in [1.29, 1.82) is 0 Å². The third-order valence-electron chi connectivity index (χ3n) is 4.47. The smallest absolute Gasteiger partial charge is 0.240 e. The summed E-state index contributed by atoms with van der Waals surface area (Å²) in [6.07, 6.45) is 1.53. The van der Waals surface area contributed by atoms with Crippen molar-refractivity contribution in [3.63, 3.8) is 0 Å². The molecule has 1 heterocycles. The van der Waals surface area contributed by atoms with Crippen molar-refractivity contribution in [3.8, 4) is 5.75 Å². The van der Waals surface area contributed by atoms with Crippen LogP contribution in [0.15, 0.2) is 47.4 Å². The number of carbonyl (C=O) groups excluding carboxylic acids is 1.